The van der Waals surface area contributed by atoms with Gasteiger partial charge in [0.25, 0.3) is 0 Å². The molecule has 0 N–H and O–H groups in total. The summed E-state index contributed by atoms with van der Waals surface area (Å²) in [6.45, 7) is 6.71. The number of benzene rings is 2. The largest absolute Gasteiger partial charge is 0.497 e. The highest BCUT2D eigenvalue weighted by atomic mass is 32.2. The van der Waals surface area contributed by atoms with Crippen LogP contribution in [0.2, 0.25) is 0 Å². The van der Waals surface area contributed by atoms with E-state index in [0.29, 0.717) is 42.3 Å². The smallest absolute Gasteiger partial charge is 0.409 e. The van der Waals surface area contributed by atoms with Crippen LogP contribution in [0.5, 0.6) is 5.75 Å². The van der Waals surface area contributed by atoms with Crippen molar-refractivity contribution in [1.82, 2.24) is 4.90 Å². The van der Waals surface area contributed by atoms with E-state index in [4.69, 9.17) is 9.47 Å². The second-order valence-electron chi connectivity index (χ2n) is 9.11. The molecule has 2 aliphatic rings. The fraction of sp³-hybridized carbons (Fsp3) is 0.480. The molecule has 0 aromatic heterocycles. The Morgan fingerprint density at radius 3 is 2.48 bits per heavy atom. The van der Waals surface area contributed by atoms with Crippen molar-refractivity contribution in [1.29, 1.82) is 0 Å². The third kappa shape index (κ3) is 4.95. The maximum atomic E-state index is 13.2. The topological polar surface area (TPSA) is 76.2 Å². The number of ether oxygens (including phenoxy) is 2. The van der Waals surface area contributed by atoms with Gasteiger partial charge < -0.3 is 19.3 Å². The SMILES string of the molecule is COc1cccc(S(=O)(=O)c2ccc3c(c2)CCN3C2CCN(C(=O)OCC(C)C)CC2)c1. The first-order valence-corrected chi connectivity index (χ1v) is 13.0. The Bertz CT molecular complexity index is 1110. The van der Waals surface area contributed by atoms with Crippen molar-refractivity contribution >= 4 is 21.6 Å². The number of methoxy groups -OCH3 is 1. The summed E-state index contributed by atoms with van der Waals surface area (Å²) < 4.78 is 36.9. The molecule has 0 spiro atoms. The van der Waals surface area contributed by atoms with Crippen molar-refractivity contribution in [3.8, 4) is 5.75 Å². The zero-order valence-corrected chi connectivity index (χ0v) is 20.3. The van der Waals surface area contributed by atoms with Crippen molar-refractivity contribution in [2.24, 2.45) is 5.92 Å². The Morgan fingerprint density at radius 2 is 1.79 bits per heavy atom. The molecule has 178 valence electrons. The van der Waals surface area contributed by atoms with Crippen LogP contribution in [0.4, 0.5) is 10.5 Å². The van der Waals surface area contributed by atoms with Gasteiger partial charge in [-0.1, -0.05) is 19.9 Å². The summed E-state index contributed by atoms with van der Waals surface area (Å²) in [7, 11) is -2.10. The molecule has 0 radical (unpaired) electrons. The van der Waals surface area contributed by atoms with Gasteiger partial charge in [0.05, 0.1) is 23.5 Å². The number of hydrogen-bond acceptors (Lipinski definition) is 6. The number of fused-ring (bicyclic) bond motifs is 1. The van der Waals surface area contributed by atoms with Gasteiger partial charge >= 0.3 is 6.09 Å². The van der Waals surface area contributed by atoms with Crippen LogP contribution in [0.1, 0.15) is 32.3 Å². The summed E-state index contributed by atoms with van der Waals surface area (Å²) in [6, 6.07) is 12.3. The number of anilines is 1. The second-order valence-corrected chi connectivity index (χ2v) is 11.1. The number of rotatable bonds is 6. The molecule has 0 unspecified atom stereocenters. The van der Waals surface area contributed by atoms with Gasteiger partial charge in [0, 0.05) is 31.4 Å². The minimum absolute atomic E-state index is 0.226. The van der Waals surface area contributed by atoms with E-state index in [1.165, 1.54) is 7.11 Å². The number of carbonyl (C=O) groups excluding carboxylic acids is 1. The van der Waals surface area contributed by atoms with Gasteiger partial charge in [-0.3, -0.25) is 0 Å². The molecular weight excluding hydrogens is 440 g/mol. The van der Waals surface area contributed by atoms with Crippen LogP contribution in [0.3, 0.4) is 0 Å². The average Bonchev–Trinajstić information content (AvgIpc) is 3.26. The summed E-state index contributed by atoms with van der Waals surface area (Å²) in [5, 5.41) is 0. The number of amides is 1. The van der Waals surface area contributed by atoms with E-state index < -0.39 is 9.84 Å². The monoisotopic (exact) mass is 472 g/mol. The van der Waals surface area contributed by atoms with Crippen LogP contribution in [-0.4, -0.2) is 58.8 Å². The molecule has 2 aromatic rings. The van der Waals surface area contributed by atoms with E-state index >= 15 is 0 Å². The molecule has 0 bridgehead atoms. The highest BCUT2D eigenvalue weighted by Crippen LogP contribution is 2.35. The summed E-state index contributed by atoms with van der Waals surface area (Å²) in [4.78, 5) is 16.9. The first kappa shape index (κ1) is 23.4. The van der Waals surface area contributed by atoms with E-state index in [1.54, 1.807) is 35.2 Å². The molecule has 1 saturated heterocycles. The van der Waals surface area contributed by atoms with E-state index in [1.807, 2.05) is 26.0 Å². The first-order valence-electron chi connectivity index (χ1n) is 11.5. The quantitative estimate of drug-likeness (QED) is 0.629. The molecule has 7 nitrogen and oxygen atoms in total. The summed E-state index contributed by atoms with van der Waals surface area (Å²) in [5.74, 6) is 0.841. The number of nitrogens with zero attached hydrogens (tertiary/aromatic N) is 2. The van der Waals surface area contributed by atoms with Crippen LogP contribution in [0, 0.1) is 5.92 Å². The van der Waals surface area contributed by atoms with Crippen molar-refractivity contribution in [2.75, 3.05) is 38.3 Å². The van der Waals surface area contributed by atoms with Gasteiger partial charge in [-0.25, -0.2) is 13.2 Å². The lowest BCUT2D eigenvalue weighted by Crippen LogP contribution is -2.46. The van der Waals surface area contributed by atoms with Gasteiger partial charge in [-0.05, 0) is 67.1 Å². The zero-order valence-electron chi connectivity index (χ0n) is 19.5. The molecule has 0 saturated carbocycles. The van der Waals surface area contributed by atoms with Crippen LogP contribution in [-0.2, 0) is 21.0 Å². The molecule has 1 amide bonds. The summed E-state index contributed by atoms with van der Waals surface area (Å²) in [5.41, 5.74) is 2.15. The van der Waals surface area contributed by atoms with Crippen LogP contribution < -0.4 is 9.64 Å². The summed E-state index contributed by atoms with van der Waals surface area (Å²) >= 11 is 0. The molecule has 0 atom stereocenters. The van der Waals surface area contributed by atoms with E-state index in [0.717, 1.165) is 37.1 Å². The van der Waals surface area contributed by atoms with Gasteiger partial charge in [-0.15, -0.1) is 0 Å². The highest BCUT2D eigenvalue weighted by Gasteiger charge is 2.32. The fourth-order valence-corrected chi connectivity index (χ4v) is 5.89. The zero-order chi connectivity index (χ0) is 23.6. The Kier molecular flexibility index (Phi) is 6.83. The van der Waals surface area contributed by atoms with Gasteiger partial charge in [0.1, 0.15) is 5.75 Å². The van der Waals surface area contributed by atoms with E-state index in [2.05, 4.69) is 4.90 Å². The van der Waals surface area contributed by atoms with Gasteiger partial charge in [0.2, 0.25) is 9.84 Å². The van der Waals surface area contributed by atoms with Crippen LogP contribution in [0.15, 0.2) is 52.3 Å². The Morgan fingerprint density at radius 1 is 1.06 bits per heavy atom. The molecule has 33 heavy (non-hydrogen) atoms. The average molecular weight is 473 g/mol. The number of likely N-dealkylation sites (tertiary alicyclic amines) is 1. The third-order valence-electron chi connectivity index (χ3n) is 6.35. The van der Waals surface area contributed by atoms with Crippen molar-refractivity contribution in [2.45, 2.75) is 48.9 Å². The van der Waals surface area contributed by atoms with Crippen molar-refractivity contribution < 1.29 is 22.7 Å². The molecule has 2 heterocycles. The minimum atomic E-state index is -3.62. The maximum absolute atomic E-state index is 13.2. The molecule has 2 aliphatic heterocycles. The molecule has 4 rings (SSSR count). The van der Waals surface area contributed by atoms with E-state index in [9.17, 15) is 13.2 Å². The standard InChI is InChI=1S/C25H32N2O5S/c1-18(2)17-32-25(28)26-12-10-20(11-13-26)27-14-9-19-15-23(7-8-24(19)27)33(29,30)22-6-4-5-21(16-22)31-3/h4-8,15-16,18,20H,9-14,17H2,1-3H3. The molecule has 1 fully saturated rings. The van der Waals surface area contributed by atoms with Crippen LogP contribution >= 0.6 is 0 Å². The Hall–Kier alpha value is -2.74. The predicted molar refractivity (Wildman–Crippen MR) is 127 cm³/mol. The molecule has 2 aromatic carbocycles. The number of hydrogen-bond donors (Lipinski definition) is 0. The first-order chi connectivity index (χ1) is 15.8. The van der Waals surface area contributed by atoms with Crippen molar-refractivity contribution in [3.63, 3.8) is 0 Å². The number of sulfone groups is 1. The lowest BCUT2D eigenvalue weighted by atomic mass is 10.0. The van der Waals surface area contributed by atoms with E-state index in [-0.39, 0.29) is 11.0 Å². The highest BCUT2D eigenvalue weighted by molar-refractivity contribution is 7.91. The minimum Gasteiger partial charge on any atom is -0.497 e. The lowest BCUT2D eigenvalue weighted by molar-refractivity contribution is 0.0833. The number of piperidine rings is 1. The molecule has 8 heteroatoms. The Labute approximate surface area is 196 Å². The molecule has 0 aliphatic carbocycles. The lowest BCUT2D eigenvalue weighted by Gasteiger charge is -2.37. The fourth-order valence-electron chi connectivity index (χ4n) is 4.54. The maximum Gasteiger partial charge on any atom is 0.409 e. The van der Waals surface area contributed by atoms with Gasteiger partial charge in [0.15, 0.2) is 0 Å². The van der Waals surface area contributed by atoms with Crippen molar-refractivity contribution in [3.05, 3.63) is 48.0 Å². The number of carbonyl (C=O) groups is 1. The normalized spacial score (nSPS) is 16.7. The third-order valence-corrected chi connectivity index (χ3v) is 8.10. The predicted octanol–water partition coefficient (Wildman–Crippen LogP) is 4.15. The summed E-state index contributed by atoms with van der Waals surface area (Å²) in [6.07, 6.45) is 2.34. The molecular formula is C25H32N2O5S. The Balaban J connectivity index is 1.44. The second kappa shape index (κ2) is 9.63. The van der Waals surface area contributed by atoms with Gasteiger partial charge in [-0.2, -0.15) is 0 Å². The van der Waals surface area contributed by atoms with Crippen LogP contribution in [0.25, 0.3) is 0 Å².